The smallest absolute Gasteiger partial charge is 0.261 e. The molecular formula is C19H21N3O4S. The number of nitrogens with one attached hydrogen (secondary N) is 2. The predicted octanol–water partition coefficient (Wildman–Crippen LogP) is 2.96. The molecule has 1 aliphatic rings. The molecule has 27 heavy (non-hydrogen) atoms. The van der Waals surface area contributed by atoms with Gasteiger partial charge in [-0.3, -0.25) is 14.3 Å². The average Bonchev–Trinajstić information content (AvgIpc) is 3.41. The van der Waals surface area contributed by atoms with Gasteiger partial charge in [0, 0.05) is 25.6 Å². The van der Waals surface area contributed by atoms with Crippen molar-refractivity contribution in [2.75, 3.05) is 14.9 Å². The number of carbonyl (C=O) groups is 2. The molecule has 0 aromatic heterocycles. The van der Waals surface area contributed by atoms with Crippen molar-refractivity contribution in [2.45, 2.75) is 37.6 Å². The van der Waals surface area contributed by atoms with Gasteiger partial charge in [-0.2, -0.15) is 0 Å². The standard InChI is InChI=1S/C19H21N3O4S/c1-13(23)20-15-7-11-17(12-8-15)27(25,26)21-18-5-3-4-6-19(18)22(14(2)24)16-9-10-16/h3-8,11-12,16,21H,9-10H2,1-2H3,(H,20,23). The largest absolute Gasteiger partial charge is 0.326 e. The molecule has 2 aromatic carbocycles. The monoisotopic (exact) mass is 387 g/mol. The van der Waals surface area contributed by atoms with Gasteiger partial charge < -0.3 is 10.2 Å². The molecule has 2 N–H and O–H groups in total. The van der Waals surface area contributed by atoms with Crippen LogP contribution < -0.4 is 14.9 Å². The molecule has 0 radical (unpaired) electrons. The van der Waals surface area contributed by atoms with Gasteiger partial charge in [0.15, 0.2) is 0 Å². The highest BCUT2D eigenvalue weighted by Crippen LogP contribution is 2.36. The van der Waals surface area contributed by atoms with E-state index in [1.165, 1.54) is 38.1 Å². The van der Waals surface area contributed by atoms with E-state index in [1.807, 2.05) is 0 Å². The molecule has 1 saturated carbocycles. The zero-order valence-electron chi connectivity index (χ0n) is 15.1. The number of amides is 2. The first-order valence-corrected chi connectivity index (χ1v) is 10.1. The Morgan fingerprint density at radius 2 is 1.63 bits per heavy atom. The summed E-state index contributed by atoms with van der Waals surface area (Å²) in [7, 11) is -3.85. The number of para-hydroxylation sites is 2. The lowest BCUT2D eigenvalue weighted by molar-refractivity contribution is -0.116. The van der Waals surface area contributed by atoms with Crippen LogP contribution in [-0.4, -0.2) is 26.3 Å². The zero-order chi connectivity index (χ0) is 19.6. The first-order chi connectivity index (χ1) is 12.8. The summed E-state index contributed by atoms with van der Waals surface area (Å²) >= 11 is 0. The van der Waals surface area contributed by atoms with E-state index in [0.717, 1.165) is 12.8 Å². The van der Waals surface area contributed by atoms with Gasteiger partial charge in [0.05, 0.1) is 16.3 Å². The Balaban J connectivity index is 1.88. The number of hydrogen-bond acceptors (Lipinski definition) is 4. The molecule has 0 atom stereocenters. The van der Waals surface area contributed by atoms with Crippen molar-refractivity contribution >= 4 is 38.9 Å². The van der Waals surface area contributed by atoms with Gasteiger partial charge in [0.25, 0.3) is 10.0 Å². The van der Waals surface area contributed by atoms with E-state index in [2.05, 4.69) is 10.0 Å². The molecule has 0 saturated heterocycles. The van der Waals surface area contributed by atoms with Crippen LogP contribution in [0.25, 0.3) is 0 Å². The second-order valence-electron chi connectivity index (χ2n) is 6.45. The van der Waals surface area contributed by atoms with Crippen LogP contribution in [0.2, 0.25) is 0 Å². The van der Waals surface area contributed by atoms with Crippen LogP contribution in [0.15, 0.2) is 53.4 Å². The van der Waals surface area contributed by atoms with Crippen LogP contribution in [-0.2, 0) is 19.6 Å². The normalized spacial score (nSPS) is 13.7. The summed E-state index contributed by atoms with van der Waals surface area (Å²) in [4.78, 5) is 24.8. The van der Waals surface area contributed by atoms with E-state index in [1.54, 1.807) is 29.2 Å². The molecule has 2 amide bonds. The molecule has 1 aliphatic carbocycles. The number of carbonyl (C=O) groups excluding carboxylic acids is 2. The van der Waals surface area contributed by atoms with Crippen molar-refractivity contribution in [1.82, 2.24) is 0 Å². The number of hydrogen-bond donors (Lipinski definition) is 2. The number of nitrogens with zero attached hydrogens (tertiary/aromatic N) is 1. The molecule has 142 valence electrons. The van der Waals surface area contributed by atoms with Crippen molar-refractivity contribution in [2.24, 2.45) is 0 Å². The van der Waals surface area contributed by atoms with Crippen LogP contribution >= 0.6 is 0 Å². The molecule has 8 heteroatoms. The van der Waals surface area contributed by atoms with Crippen LogP contribution in [0.4, 0.5) is 17.1 Å². The second-order valence-corrected chi connectivity index (χ2v) is 8.13. The summed E-state index contributed by atoms with van der Waals surface area (Å²) in [6, 6.07) is 12.8. The van der Waals surface area contributed by atoms with Crippen molar-refractivity contribution in [3.63, 3.8) is 0 Å². The van der Waals surface area contributed by atoms with E-state index >= 15 is 0 Å². The molecular weight excluding hydrogens is 366 g/mol. The summed E-state index contributed by atoms with van der Waals surface area (Å²) in [6.45, 7) is 2.86. The highest BCUT2D eigenvalue weighted by molar-refractivity contribution is 7.92. The van der Waals surface area contributed by atoms with Crippen LogP contribution in [0.5, 0.6) is 0 Å². The summed E-state index contributed by atoms with van der Waals surface area (Å²) < 4.78 is 28.1. The maximum Gasteiger partial charge on any atom is 0.261 e. The molecule has 3 rings (SSSR count). The third-order valence-electron chi connectivity index (χ3n) is 4.14. The second kappa shape index (κ2) is 7.40. The van der Waals surface area contributed by atoms with Crippen LogP contribution in [0.1, 0.15) is 26.7 Å². The Morgan fingerprint density at radius 3 is 2.19 bits per heavy atom. The van der Waals surface area contributed by atoms with E-state index in [0.29, 0.717) is 17.1 Å². The summed E-state index contributed by atoms with van der Waals surface area (Å²) in [5, 5.41) is 2.59. The Labute approximate surface area is 158 Å². The first-order valence-electron chi connectivity index (χ1n) is 8.57. The van der Waals surface area contributed by atoms with Gasteiger partial charge in [-0.25, -0.2) is 8.42 Å². The minimum absolute atomic E-state index is 0.0622. The molecule has 1 fully saturated rings. The number of rotatable bonds is 6. The van der Waals surface area contributed by atoms with Gasteiger partial charge in [-0.15, -0.1) is 0 Å². The zero-order valence-corrected chi connectivity index (χ0v) is 15.9. The third-order valence-corrected chi connectivity index (χ3v) is 5.53. The number of anilines is 3. The van der Waals surface area contributed by atoms with E-state index < -0.39 is 10.0 Å². The van der Waals surface area contributed by atoms with Crippen molar-refractivity contribution < 1.29 is 18.0 Å². The maximum atomic E-state index is 12.8. The average molecular weight is 387 g/mol. The molecule has 0 spiro atoms. The fraction of sp³-hybridized carbons (Fsp3) is 0.263. The highest BCUT2D eigenvalue weighted by atomic mass is 32.2. The molecule has 0 unspecified atom stereocenters. The van der Waals surface area contributed by atoms with Gasteiger partial charge in [0.2, 0.25) is 11.8 Å². The highest BCUT2D eigenvalue weighted by Gasteiger charge is 2.33. The third kappa shape index (κ3) is 4.46. The molecule has 7 nitrogen and oxygen atoms in total. The Morgan fingerprint density at radius 1 is 1.00 bits per heavy atom. The van der Waals surface area contributed by atoms with E-state index in [-0.39, 0.29) is 22.8 Å². The molecule has 0 bridgehead atoms. The SMILES string of the molecule is CC(=O)Nc1ccc(S(=O)(=O)Nc2ccccc2N(C(C)=O)C2CC2)cc1. The van der Waals surface area contributed by atoms with Crippen molar-refractivity contribution in [1.29, 1.82) is 0 Å². The lowest BCUT2D eigenvalue weighted by Gasteiger charge is -2.24. The van der Waals surface area contributed by atoms with Gasteiger partial charge >= 0.3 is 0 Å². The van der Waals surface area contributed by atoms with Gasteiger partial charge in [-0.05, 0) is 49.2 Å². The van der Waals surface area contributed by atoms with E-state index in [9.17, 15) is 18.0 Å². The van der Waals surface area contributed by atoms with Crippen molar-refractivity contribution in [3.05, 3.63) is 48.5 Å². The maximum absolute atomic E-state index is 12.8. The Bertz CT molecular complexity index is 967. The van der Waals surface area contributed by atoms with Gasteiger partial charge in [0.1, 0.15) is 0 Å². The fourth-order valence-corrected chi connectivity index (χ4v) is 3.92. The predicted molar refractivity (Wildman–Crippen MR) is 104 cm³/mol. The minimum atomic E-state index is -3.85. The quantitative estimate of drug-likeness (QED) is 0.797. The van der Waals surface area contributed by atoms with Gasteiger partial charge in [-0.1, -0.05) is 12.1 Å². The molecule has 2 aromatic rings. The number of benzene rings is 2. The molecule has 0 heterocycles. The summed E-state index contributed by atoms with van der Waals surface area (Å²) in [6.07, 6.45) is 1.82. The topological polar surface area (TPSA) is 95.6 Å². The molecule has 0 aliphatic heterocycles. The van der Waals surface area contributed by atoms with Crippen molar-refractivity contribution in [3.8, 4) is 0 Å². The first kappa shape index (κ1) is 18.9. The summed E-state index contributed by atoms with van der Waals surface area (Å²) in [5.41, 5.74) is 1.41. The Kier molecular flexibility index (Phi) is 5.18. The summed E-state index contributed by atoms with van der Waals surface area (Å²) in [5.74, 6) is -0.356. The van der Waals surface area contributed by atoms with Crippen LogP contribution in [0, 0.1) is 0 Å². The number of sulfonamides is 1. The van der Waals surface area contributed by atoms with E-state index in [4.69, 9.17) is 0 Å². The lowest BCUT2D eigenvalue weighted by Crippen LogP contribution is -2.31. The fourth-order valence-electron chi connectivity index (χ4n) is 2.85. The Hall–Kier alpha value is -2.87. The minimum Gasteiger partial charge on any atom is -0.326 e. The lowest BCUT2D eigenvalue weighted by atomic mass is 10.2. The van der Waals surface area contributed by atoms with Crippen LogP contribution in [0.3, 0.4) is 0 Å².